The minimum absolute atomic E-state index is 0.108. The molecule has 0 spiro atoms. The maximum Gasteiger partial charge on any atom is 0.252 e. The first kappa shape index (κ1) is 17.9. The maximum atomic E-state index is 13.0. The van der Waals surface area contributed by atoms with E-state index in [0.29, 0.717) is 12.1 Å². The summed E-state index contributed by atoms with van der Waals surface area (Å²) in [6.07, 6.45) is 3.49. The van der Waals surface area contributed by atoms with E-state index in [1.807, 2.05) is 74.5 Å². The lowest BCUT2D eigenvalue weighted by Crippen LogP contribution is -2.23. The van der Waals surface area contributed by atoms with E-state index in [2.05, 4.69) is 10.3 Å². The van der Waals surface area contributed by atoms with Crippen molar-refractivity contribution in [3.63, 3.8) is 0 Å². The summed E-state index contributed by atoms with van der Waals surface area (Å²) in [6, 6.07) is 19.8. The Bertz CT molecular complexity index is 1140. The summed E-state index contributed by atoms with van der Waals surface area (Å²) in [7, 11) is 0. The Morgan fingerprint density at radius 3 is 2.57 bits per heavy atom. The molecular weight excluding hydrogens is 346 g/mol. The van der Waals surface area contributed by atoms with E-state index in [1.54, 1.807) is 12.4 Å². The second-order valence-corrected chi connectivity index (χ2v) is 6.94. The number of para-hydroxylation sites is 1. The molecule has 4 rings (SSSR count). The van der Waals surface area contributed by atoms with Crippen LogP contribution in [0.15, 0.2) is 73.1 Å². The van der Waals surface area contributed by atoms with Crippen LogP contribution in [0.2, 0.25) is 0 Å². The molecule has 0 aliphatic rings. The first-order chi connectivity index (χ1) is 13.6. The van der Waals surface area contributed by atoms with Crippen LogP contribution in [0.3, 0.4) is 0 Å². The minimum Gasteiger partial charge on any atom is -0.348 e. The predicted molar refractivity (Wildman–Crippen MR) is 112 cm³/mol. The maximum absolute atomic E-state index is 13.0. The van der Waals surface area contributed by atoms with Gasteiger partial charge in [0, 0.05) is 29.9 Å². The van der Waals surface area contributed by atoms with Crippen LogP contribution >= 0.6 is 0 Å². The van der Waals surface area contributed by atoms with Crippen LogP contribution in [-0.4, -0.2) is 15.9 Å². The number of carbonyl (C=O) groups excluding carboxylic acids is 1. The molecule has 1 amide bonds. The molecule has 4 heteroatoms. The fourth-order valence-electron chi connectivity index (χ4n) is 3.23. The zero-order chi connectivity index (χ0) is 19.5. The number of amides is 1. The fourth-order valence-corrected chi connectivity index (χ4v) is 3.23. The SMILES string of the molecule is Cc1ccc(CNC(=O)c2cc(-c3cccnc3)nc3c(C)cccc23)cc1. The molecule has 0 fully saturated rings. The molecule has 2 aromatic heterocycles. The van der Waals surface area contributed by atoms with Crippen molar-refractivity contribution in [1.29, 1.82) is 0 Å². The van der Waals surface area contributed by atoms with Gasteiger partial charge in [-0.25, -0.2) is 4.98 Å². The molecule has 2 heterocycles. The topological polar surface area (TPSA) is 54.9 Å². The van der Waals surface area contributed by atoms with Gasteiger partial charge in [-0.15, -0.1) is 0 Å². The predicted octanol–water partition coefficient (Wildman–Crippen LogP) is 4.84. The van der Waals surface area contributed by atoms with Gasteiger partial charge in [0.15, 0.2) is 0 Å². The molecule has 4 nitrogen and oxygen atoms in total. The van der Waals surface area contributed by atoms with Gasteiger partial charge in [-0.3, -0.25) is 9.78 Å². The summed E-state index contributed by atoms with van der Waals surface area (Å²) < 4.78 is 0. The van der Waals surface area contributed by atoms with Gasteiger partial charge in [0.05, 0.1) is 16.8 Å². The van der Waals surface area contributed by atoms with Crippen molar-refractivity contribution in [2.75, 3.05) is 0 Å². The molecule has 28 heavy (non-hydrogen) atoms. The van der Waals surface area contributed by atoms with Crippen LogP contribution < -0.4 is 5.32 Å². The summed E-state index contributed by atoms with van der Waals surface area (Å²) >= 11 is 0. The Morgan fingerprint density at radius 2 is 1.82 bits per heavy atom. The van der Waals surface area contributed by atoms with Gasteiger partial charge < -0.3 is 5.32 Å². The Hall–Kier alpha value is -3.53. The molecule has 0 saturated carbocycles. The number of benzene rings is 2. The highest BCUT2D eigenvalue weighted by molar-refractivity contribution is 6.07. The minimum atomic E-state index is -0.108. The number of pyridine rings is 2. The summed E-state index contributed by atoms with van der Waals surface area (Å²) in [4.78, 5) is 22.0. The Balaban J connectivity index is 1.73. The second-order valence-electron chi connectivity index (χ2n) is 6.94. The fraction of sp³-hybridized carbons (Fsp3) is 0.125. The quantitative estimate of drug-likeness (QED) is 0.561. The highest BCUT2D eigenvalue weighted by Crippen LogP contribution is 2.26. The highest BCUT2D eigenvalue weighted by atomic mass is 16.1. The van der Waals surface area contributed by atoms with Crippen LogP contribution in [0.25, 0.3) is 22.2 Å². The number of fused-ring (bicyclic) bond motifs is 1. The number of hydrogen-bond donors (Lipinski definition) is 1. The van der Waals surface area contributed by atoms with Crippen LogP contribution in [0.4, 0.5) is 0 Å². The van der Waals surface area contributed by atoms with Gasteiger partial charge in [-0.1, -0.05) is 48.0 Å². The first-order valence-corrected chi connectivity index (χ1v) is 9.26. The lowest BCUT2D eigenvalue weighted by atomic mass is 10.0. The molecule has 2 aromatic carbocycles. The van der Waals surface area contributed by atoms with E-state index in [-0.39, 0.29) is 5.91 Å². The van der Waals surface area contributed by atoms with E-state index in [4.69, 9.17) is 4.98 Å². The normalized spacial score (nSPS) is 10.8. The zero-order valence-electron chi connectivity index (χ0n) is 15.9. The van der Waals surface area contributed by atoms with Crippen molar-refractivity contribution < 1.29 is 4.79 Å². The van der Waals surface area contributed by atoms with E-state index < -0.39 is 0 Å². The Labute approximate surface area is 164 Å². The van der Waals surface area contributed by atoms with Gasteiger partial charge in [-0.05, 0) is 43.2 Å². The number of rotatable bonds is 4. The van der Waals surface area contributed by atoms with Crippen LogP contribution in [0.1, 0.15) is 27.0 Å². The monoisotopic (exact) mass is 367 g/mol. The number of aryl methyl sites for hydroxylation is 2. The van der Waals surface area contributed by atoms with Crippen molar-refractivity contribution >= 4 is 16.8 Å². The molecule has 0 atom stereocenters. The van der Waals surface area contributed by atoms with Crippen molar-refractivity contribution in [2.45, 2.75) is 20.4 Å². The van der Waals surface area contributed by atoms with Gasteiger partial charge in [0.25, 0.3) is 5.91 Å². The van der Waals surface area contributed by atoms with Gasteiger partial charge in [0.2, 0.25) is 0 Å². The smallest absolute Gasteiger partial charge is 0.252 e. The number of carbonyl (C=O) groups is 1. The molecule has 0 unspecified atom stereocenters. The highest BCUT2D eigenvalue weighted by Gasteiger charge is 2.15. The molecule has 0 radical (unpaired) electrons. The van der Waals surface area contributed by atoms with Crippen molar-refractivity contribution in [2.24, 2.45) is 0 Å². The summed E-state index contributed by atoms with van der Waals surface area (Å²) in [5, 5.41) is 3.90. The van der Waals surface area contributed by atoms with E-state index in [1.165, 1.54) is 5.56 Å². The molecule has 4 aromatic rings. The average Bonchev–Trinajstić information content (AvgIpc) is 2.73. The van der Waals surface area contributed by atoms with E-state index in [9.17, 15) is 4.79 Å². The summed E-state index contributed by atoms with van der Waals surface area (Å²) in [5.41, 5.74) is 6.41. The third kappa shape index (κ3) is 3.62. The van der Waals surface area contributed by atoms with E-state index in [0.717, 1.165) is 33.3 Å². The van der Waals surface area contributed by atoms with Crippen LogP contribution in [0, 0.1) is 13.8 Å². The summed E-state index contributed by atoms with van der Waals surface area (Å²) in [5.74, 6) is -0.108. The standard InChI is InChI=1S/C24H21N3O/c1-16-8-10-18(11-9-16)14-26-24(28)21-13-22(19-6-4-12-25-15-19)27-23-17(2)5-3-7-20(21)23/h3-13,15H,14H2,1-2H3,(H,26,28). The molecule has 0 aliphatic heterocycles. The second kappa shape index (κ2) is 7.61. The molecule has 0 saturated heterocycles. The molecule has 0 bridgehead atoms. The first-order valence-electron chi connectivity index (χ1n) is 9.26. The van der Waals surface area contributed by atoms with E-state index >= 15 is 0 Å². The third-order valence-electron chi connectivity index (χ3n) is 4.82. The molecular formula is C24H21N3O. The molecule has 138 valence electrons. The van der Waals surface area contributed by atoms with Gasteiger partial charge >= 0.3 is 0 Å². The van der Waals surface area contributed by atoms with Gasteiger partial charge in [-0.2, -0.15) is 0 Å². The summed E-state index contributed by atoms with van der Waals surface area (Å²) in [6.45, 7) is 4.54. The average molecular weight is 367 g/mol. The Kier molecular flexibility index (Phi) is 4.85. The van der Waals surface area contributed by atoms with Crippen molar-refractivity contribution in [3.05, 3.63) is 95.3 Å². The van der Waals surface area contributed by atoms with Crippen LogP contribution in [0.5, 0.6) is 0 Å². The van der Waals surface area contributed by atoms with Crippen molar-refractivity contribution in [1.82, 2.24) is 15.3 Å². The number of hydrogen-bond acceptors (Lipinski definition) is 3. The zero-order valence-corrected chi connectivity index (χ0v) is 15.9. The van der Waals surface area contributed by atoms with Gasteiger partial charge in [0.1, 0.15) is 0 Å². The van der Waals surface area contributed by atoms with Crippen LogP contribution in [-0.2, 0) is 6.54 Å². The largest absolute Gasteiger partial charge is 0.348 e. The third-order valence-corrected chi connectivity index (χ3v) is 4.82. The Morgan fingerprint density at radius 1 is 1.00 bits per heavy atom. The lowest BCUT2D eigenvalue weighted by Gasteiger charge is -2.12. The lowest BCUT2D eigenvalue weighted by molar-refractivity contribution is 0.0952. The molecule has 1 N–H and O–H groups in total. The molecule has 0 aliphatic carbocycles. The number of nitrogens with one attached hydrogen (secondary N) is 1. The van der Waals surface area contributed by atoms with Crippen molar-refractivity contribution in [3.8, 4) is 11.3 Å². The number of aromatic nitrogens is 2. The number of nitrogens with zero attached hydrogens (tertiary/aromatic N) is 2.